The fraction of sp³-hybridized carbons (Fsp3) is 0.667. The van der Waals surface area contributed by atoms with Gasteiger partial charge in [-0.1, -0.05) is 0 Å². The third kappa shape index (κ3) is 4.13. The maximum atomic E-state index is 12.2. The number of piperidine rings is 1. The van der Waals surface area contributed by atoms with Crippen LogP contribution in [-0.2, 0) is 10.2 Å². The highest BCUT2D eigenvalue weighted by Gasteiger charge is 2.29. The van der Waals surface area contributed by atoms with Gasteiger partial charge in [-0.25, -0.2) is 0 Å². The van der Waals surface area contributed by atoms with Crippen molar-refractivity contribution in [1.29, 1.82) is 0 Å². The molecule has 1 fully saturated rings. The van der Waals surface area contributed by atoms with Crippen molar-refractivity contribution < 1.29 is 17.6 Å². The predicted molar refractivity (Wildman–Crippen MR) is 87.4 cm³/mol. The number of nitrogens with zero attached hydrogens (tertiary/aromatic N) is 2. The molecular weight excluding hydrogens is 318 g/mol. The van der Waals surface area contributed by atoms with Gasteiger partial charge in [0.15, 0.2) is 0 Å². The second kappa shape index (κ2) is 7.02. The monoisotopic (exact) mass is 343 g/mol. The van der Waals surface area contributed by atoms with Gasteiger partial charge in [0.1, 0.15) is 11.5 Å². The lowest BCUT2D eigenvalue weighted by Crippen LogP contribution is -2.45. The topological polar surface area (TPSA) is 82.9 Å². The highest BCUT2D eigenvalue weighted by Crippen LogP contribution is 2.20. The van der Waals surface area contributed by atoms with E-state index in [1.165, 1.54) is 22.7 Å². The largest absolute Gasteiger partial charge is 0.466 e. The Kier molecular flexibility index (Phi) is 5.49. The van der Waals surface area contributed by atoms with E-state index in [1.807, 2.05) is 6.92 Å². The molecule has 1 amide bonds. The van der Waals surface area contributed by atoms with Crippen molar-refractivity contribution in [2.24, 2.45) is 5.92 Å². The minimum Gasteiger partial charge on any atom is -0.466 e. The summed E-state index contributed by atoms with van der Waals surface area (Å²) in [5.74, 6) is 1.49. The summed E-state index contributed by atoms with van der Waals surface area (Å²) >= 11 is 0. The van der Waals surface area contributed by atoms with Crippen LogP contribution < -0.4 is 5.32 Å². The quantitative estimate of drug-likeness (QED) is 0.869. The van der Waals surface area contributed by atoms with Crippen LogP contribution in [0.5, 0.6) is 0 Å². The van der Waals surface area contributed by atoms with E-state index in [2.05, 4.69) is 5.32 Å². The Balaban J connectivity index is 1.83. The van der Waals surface area contributed by atoms with Gasteiger partial charge < -0.3 is 9.73 Å². The van der Waals surface area contributed by atoms with Crippen LogP contribution >= 0.6 is 0 Å². The van der Waals surface area contributed by atoms with Crippen molar-refractivity contribution in [3.8, 4) is 0 Å². The van der Waals surface area contributed by atoms with Gasteiger partial charge >= 0.3 is 0 Å². The van der Waals surface area contributed by atoms with E-state index in [4.69, 9.17) is 4.42 Å². The zero-order chi connectivity index (χ0) is 17.2. The van der Waals surface area contributed by atoms with Crippen LogP contribution in [0.25, 0.3) is 0 Å². The Labute approximate surface area is 137 Å². The molecule has 23 heavy (non-hydrogen) atoms. The first-order valence-corrected chi connectivity index (χ1v) is 9.14. The van der Waals surface area contributed by atoms with Gasteiger partial charge in [-0.2, -0.15) is 17.0 Å². The van der Waals surface area contributed by atoms with Gasteiger partial charge in [-0.15, -0.1) is 0 Å². The van der Waals surface area contributed by atoms with Crippen LogP contribution in [0.2, 0.25) is 0 Å². The van der Waals surface area contributed by atoms with E-state index in [-0.39, 0.29) is 5.91 Å². The molecule has 0 spiro atoms. The van der Waals surface area contributed by atoms with E-state index in [0.717, 1.165) is 18.6 Å². The summed E-state index contributed by atoms with van der Waals surface area (Å²) in [4.78, 5) is 12.2. The average Bonchev–Trinajstić information content (AvgIpc) is 2.84. The molecular formula is C15H25N3O4S. The smallest absolute Gasteiger partial charge is 0.281 e. The van der Waals surface area contributed by atoms with E-state index in [1.54, 1.807) is 13.0 Å². The number of rotatable bonds is 5. The highest BCUT2D eigenvalue weighted by atomic mass is 32.2. The zero-order valence-electron chi connectivity index (χ0n) is 14.1. The number of amides is 1. The predicted octanol–water partition coefficient (Wildman–Crippen LogP) is 1.14. The van der Waals surface area contributed by atoms with E-state index in [0.29, 0.717) is 36.9 Å². The maximum Gasteiger partial charge on any atom is 0.281 e. The molecule has 1 N–H and O–H groups in total. The second-order valence-electron chi connectivity index (χ2n) is 6.17. The van der Waals surface area contributed by atoms with Gasteiger partial charge in [-0.3, -0.25) is 4.79 Å². The van der Waals surface area contributed by atoms with Gasteiger partial charge in [-0.05, 0) is 38.7 Å². The first-order valence-electron chi connectivity index (χ1n) is 7.74. The lowest BCUT2D eigenvalue weighted by Gasteiger charge is -2.32. The lowest BCUT2D eigenvalue weighted by molar-refractivity contribution is 0.0939. The molecule has 1 aliphatic heterocycles. The van der Waals surface area contributed by atoms with Crippen molar-refractivity contribution >= 4 is 16.1 Å². The summed E-state index contributed by atoms with van der Waals surface area (Å²) < 4.78 is 32.2. The summed E-state index contributed by atoms with van der Waals surface area (Å²) in [6.07, 6.45) is 1.49. The highest BCUT2D eigenvalue weighted by molar-refractivity contribution is 7.86. The molecule has 2 rings (SSSR count). The first-order chi connectivity index (χ1) is 10.7. The van der Waals surface area contributed by atoms with Crippen molar-refractivity contribution in [2.45, 2.75) is 26.7 Å². The van der Waals surface area contributed by atoms with Crippen molar-refractivity contribution in [3.05, 3.63) is 23.2 Å². The summed E-state index contributed by atoms with van der Waals surface area (Å²) in [6.45, 7) is 5.12. The SMILES string of the molecule is Cc1cc(C(=O)NCC2CCN(S(=O)(=O)N(C)C)CC2)c(C)o1. The number of hydrogen-bond donors (Lipinski definition) is 1. The van der Waals surface area contributed by atoms with E-state index < -0.39 is 10.2 Å². The van der Waals surface area contributed by atoms with Crippen LogP contribution in [0.1, 0.15) is 34.7 Å². The second-order valence-corrected chi connectivity index (χ2v) is 8.31. The third-order valence-corrected chi connectivity index (χ3v) is 6.14. The number of aryl methyl sites for hydroxylation is 2. The molecule has 7 nitrogen and oxygen atoms in total. The molecule has 1 saturated heterocycles. The Morgan fingerprint density at radius 1 is 1.35 bits per heavy atom. The normalized spacial score (nSPS) is 17.6. The van der Waals surface area contributed by atoms with Crippen molar-refractivity contribution in [2.75, 3.05) is 33.7 Å². The molecule has 0 aliphatic carbocycles. The van der Waals surface area contributed by atoms with Crippen LogP contribution in [0, 0.1) is 19.8 Å². The molecule has 0 radical (unpaired) electrons. The minimum absolute atomic E-state index is 0.136. The minimum atomic E-state index is -3.33. The molecule has 0 saturated carbocycles. The van der Waals surface area contributed by atoms with Gasteiger partial charge in [0.2, 0.25) is 0 Å². The molecule has 0 aromatic carbocycles. The van der Waals surface area contributed by atoms with Crippen molar-refractivity contribution in [3.63, 3.8) is 0 Å². The Hall–Kier alpha value is -1.38. The standard InChI is InChI=1S/C15H25N3O4S/c1-11-9-14(12(2)22-11)15(19)16-10-13-5-7-18(8-6-13)23(20,21)17(3)4/h9,13H,5-8,10H2,1-4H3,(H,16,19). The van der Waals surface area contributed by atoms with Gasteiger partial charge in [0.25, 0.3) is 16.1 Å². The fourth-order valence-corrected chi connectivity index (χ4v) is 3.90. The molecule has 1 aromatic rings. The van der Waals surface area contributed by atoms with Crippen LogP contribution in [0.4, 0.5) is 0 Å². The number of hydrogen-bond acceptors (Lipinski definition) is 4. The molecule has 1 aliphatic rings. The zero-order valence-corrected chi connectivity index (χ0v) is 14.9. The summed E-state index contributed by atoms with van der Waals surface area (Å²) in [6, 6.07) is 1.73. The van der Waals surface area contributed by atoms with Crippen molar-refractivity contribution in [1.82, 2.24) is 13.9 Å². The molecule has 1 aromatic heterocycles. The Bertz CT molecular complexity index is 658. The van der Waals surface area contributed by atoms with E-state index >= 15 is 0 Å². The average molecular weight is 343 g/mol. The summed E-state index contributed by atoms with van der Waals surface area (Å²) in [5, 5.41) is 2.92. The Morgan fingerprint density at radius 2 is 1.96 bits per heavy atom. The molecule has 0 unspecified atom stereocenters. The number of carbonyl (C=O) groups excluding carboxylic acids is 1. The number of carbonyl (C=O) groups is 1. The number of nitrogens with one attached hydrogen (secondary N) is 1. The van der Waals surface area contributed by atoms with E-state index in [9.17, 15) is 13.2 Å². The molecule has 130 valence electrons. The summed E-state index contributed by atoms with van der Waals surface area (Å²) in [5.41, 5.74) is 0.565. The maximum absolute atomic E-state index is 12.2. The molecule has 8 heteroatoms. The fourth-order valence-electron chi connectivity index (χ4n) is 2.76. The molecule has 2 heterocycles. The number of furan rings is 1. The molecule has 0 bridgehead atoms. The van der Waals surface area contributed by atoms with Gasteiger partial charge in [0, 0.05) is 33.7 Å². The van der Waals surface area contributed by atoms with Crippen LogP contribution in [0.15, 0.2) is 10.5 Å². The summed E-state index contributed by atoms with van der Waals surface area (Å²) in [7, 11) is -0.256. The van der Waals surface area contributed by atoms with Crippen LogP contribution in [-0.4, -0.2) is 56.7 Å². The lowest BCUT2D eigenvalue weighted by atomic mass is 9.98. The van der Waals surface area contributed by atoms with Gasteiger partial charge in [0.05, 0.1) is 5.56 Å². The third-order valence-electron chi connectivity index (χ3n) is 4.20. The first kappa shape index (κ1) is 18.0. The van der Waals surface area contributed by atoms with Crippen LogP contribution in [0.3, 0.4) is 0 Å². The Morgan fingerprint density at radius 3 is 2.43 bits per heavy atom. The molecule has 0 atom stereocenters.